The molecule has 0 aliphatic heterocycles. The second kappa shape index (κ2) is 4.05. The van der Waals surface area contributed by atoms with Gasteiger partial charge in [-0.05, 0) is 25.9 Å². The second-order valence-electron chi connectivity index (χ2n) is 3.76. The van der Waals surface area contributed by atoms with Gasteiger partial charge in [-0.2, -0.15) is 0 Å². The quantitative estimate of drug-likeness (QED) is 0.418. The molecule has 3 N–H and O–H groups in total. The van der Waals surface area contributed by atoms with Crippen molar-refractivity contribution in [3.63, 3.8) is 0 Å². The summed E-state index contributed by atoms with van der Waals surface area (Å²) in [6.07, 6.45) is 1.97. The van der Waals surface area contributed by atoms with Crippen molar-refractivity contribution in [1.29, 1.82) is 0 Å². The maximum Gasteiger partial charge on any atom is 0.114 e. The Bertz CT molecular complexity index is 197. The van der Waals surface area contributed by atoms with E-state index < -0.39 is 17.8 Å². The van der Waals surface area contributed by atoms with E-state index >= 15 is 0 Å². The number of aliphatic hydroxyl groups excluding tert-OH is 2. The van der Waals surface area contributed by atoms with Crippen LogP contribution in [0.1, 0.15) is 19.8 Å². The van der Waals surface area contributed by atoms with Gasteiger partial charge < -0.3 is 15.3 Å². The molecule has 1 saturated carbocycles. The summed E-state index contributed by atoms with van der Waals surface area (Å²) >= 11 is 0. The summed E-state index contributed by atoms with van der Waals surface area (Å²) < 4.78 is 0. The maximum absolute atomic E-state index is 9.67. The van der Waals surface area contributed by atoms with E-state index in [-0.39, 0.29) is 0 Å². The van der Waals surface area contributed by atoms with Gasteiger partial charge in [0.1, 0.15) is 5.60 Å². The highest BCUT2D eigenvalue weighted by atomic mass is 31.0. The number of rotatable bonds is 1. The minimum Gasteiger partial charge on any atom is -0.390 e. The highest BCUT2D eigenvalue weighted by Gasteiger charge is 2.42. The Kier molecular flexibility index (Phi) is 3.47. The molecule has 0 aromatic rings. The van der Waals surface area contributed by atoms with Gasteiger partial charge in [0.05, 0.1) is 12.2 Å². The number of aliphatic hydroxyl groups is 3. The topological polar surface area (TPSA) is 60.7 Å². The lowest BCUT2D eigenvalue weighted by Gasteiger charge is -2.39. The molecule has 0 bridgehead atoms. The molecular formula is C9H17O3P. The molecule has 0 radical (unpaired) electrons. The SMILES string of the molecule is CC1(O)[C@H](O)CC(=CCP)C[C@H]1O. The molecule has 0 heterocycles. The second-order valence-corrected chi connectivity index (χ2v) is 4.24. The van der Waals surface area contributed by atoms with Gasteiger partial charge in [-0.15, -0.1) is 9.24 Å². The van der Waals surface area contributed by atoms with Crippen LogP contribution in [0.15, 0.2) is 11.6 Å². The van der Waals surface area contributed by atoms with E-state index in [1.165, 1.54) is 6.92 Å². The molecule has 0 amide bonds. The fourth-order valence-electron chi connectivity index (χ4n) is 1.55. The molecule has 3 atom stereocenters. The third-order valence-corrected chi connectivity index (χ3v) is 2.90. The fourth-order valence-corrected chi connectivity index (χ4v) is 1.88. The largest absolute Gasteiger partial charge is 0.390 e. The van der Waals surface area contributed by atoms with Crippen molar-refractivity contribution in [2.24, 2.45) is 0 Å². The summed E-state index contributed by atoms with van der Waals surface area (Å²) in [5.74, 6) is 0. The van der Waals surface area contributed by atoms with Crippen molar-refractivity contribution in [3.05, 3.63) is 11.6 Å². The molecule has 76 valence electrons. The van der Waals surface area contributed by atoms with Crippen molar-refractivity contribution < 1.29 is 15.3 Å². The smallest absolute Gasteiger partial charge is 0.114 e. The highest BCUT2D eigenvalue weighted by Crippen LogP contribution is 2.32. The Balaban J connectivity index is 2.73. The Morgan fingerprint density at radius 3 is 2.31 bits per heavy atom. The van der Waals surface area contributed by atoms with Gasteiger partial charge in [0.2, 0.25) is 0 Å². The molecule has 4 heteroatoms. The predicted octanol–water partition coefficient (Wildman–Crippen LogP) is 0.0545. The van der Waals surface area contributed by atoms with E-state index in [1.807, 2.05) is 6.08 Å². The van der Waals surface area contributed by atoms with Crippen LogP contribution in [0.5, 0.6) is 0 Å². The predicted molar refractivity (Wildman–Crippen MR) is 54.5 cm³/mol. The Morgan fingerprint density at radius 1 is 1.46 bits per heavy atom. The zero-order chi connectivity index (χ0) is 10.1. The average Bonchev–Trinajstić information content (AvgIpc) is 2.02. The minimum atomic E-state index is -1.36. The third-order valence-electron chi connectivity index (χ3n) is 2.67. The van der Waals surface area contributed by atoms with E-state index in [4.69, 9.17) is 0 Å². The summed E-state index contributed by atoms with van der Waals surface area (Å²) in [7, 11) is 2.56. The van der Waals surface area contributed by atoms with Gasteiger partial charge in [-0.3, -0.25) is 0 Å². The van der Waals surface area contributed by atoms with Crippen LogP contribution in [0.4, 0.5) is 0 Å². The Morgan fingerprint density at radius 2 is 1.92 bits per heavy atom. The molecule has 1 aliphatic rings. The Hall–Kier alpha value is 0.0500. The van der Waals surface area contributed by atoms with Crippen LogP contribution in [0.25, 0.3) is 0 Å². The van der Waals surface area contributed by atoms with Gasteiger partial charge in [0, 0.05) is 0 Å². The van der Waals surface area contributed by atoms with Gasteiger partial charge in [0.25, 0.3) is 0 Å². The van der Waals surface area contributed by atoms with Crippen LogP contribution in [0.2, 0.25) is 0 Å². The van der Waals surface area contributed by atoms with E-state index in [9.17, 15) is 15.3 Å². The monoisotopic (exact) mass is 204 g/mol. The lowest BCUT2D eigenvalue weighted by atomic mass is 9.78. The van der Waals surface area contributed by atoms with Crippen LogP contribution in [-0.2, 0) is 0 Å². The molecule has 1 unspecified atom stereocenters. The molecule has 3 nitrogen and oxygen atoms in total. The first-order valence-electron chi connectivity index (χ1n) is 4.45. The molecular weight excluding hydrogens is 187 g/mol. The van der Waals surface area contributed by atoms with Crippen LogP contribution >= 0.6 is 9.24 Å². The zero-order valence-electron chi connectivity index (χ0n) is 7.77. The minimum absolute atomic E-state index is 0.457. The molecule has 0 saturated heterocycles. The first-order chi connectivity index (χ1) is 5.98. The molecule has 1 aliphatic carbocycles. The van der Waals surface area contributed by atoms with Gasteiger partial charge in [0.15, 0.2) is 0 Å². The van der Waals surface area contributed by atoms with Crippen molar-refractivity contribution in [1.82, 2.24) is 0 Å². The summed E-state index contributed by atoms with van der Waals surface area (Å²) in [5.41, 5.74) is -0.348. The lowest BCUT2D eigenvalue weighted by molar-refractivity contribution is -0.144. The fraction of sp³-hybridized carbons (Fsp3) is 0.778. The highest BCUT2D eigenvalue weighted by molar-refractivity contribution is 7.16. The first kappa shape index (κ1) is 11.1. The third kappa shape index (κ3) is 2.29. The summed E-state index contributed by atoms with van der Waals surface area (Å²) in [6, 6.07) is 0. The van der Waals surface area contributed by atoms with Crippen molar-refractivity contribution >= 4 is 9.24 Å². The van der Waals surface area contributed by atoms with E-state index in [0.29, 0.717) is 12.8 Å². The molecule has 0 aromatic heterocycles. The summed E-state index contributed by atoms with van der Waals surface area (Å²) in [4.78, 5) is 0. The lowest BCUT2D eigenvalue weighted by Crippen LogP contribution is -2.52. The van der Waals surface area contributed by atoms with E-state index in [0.717, 1.165) is 11.7 Å². The van der Waals surface area contributed by atoms with E-state index in [2.05, 4.69) is 9.24 Å². The molecule has 1 fully saturated rings. The number of hydrogen-bond donors (Lipinski definition) is 3. The van der Waals surface area contributed by atoms with E-state index in [1.54, 1.807) is 0 Å². The van der Waals surface area contributed by atoms with Gasteiger partial charge in [-0.1, -0.05) is 11.6 Å². The first-order valence-corrected chi connectivity index (χ1v) is 5.26. The van der Waals surface area contributed by atoms with Crippen molar-refractivity contribution in [3.8, 4) is 0 Å². The van der Waals surface area contributed by atoms with Crippen LogP contribution < -0.4 is 0 Å². The molecule has 13 heavy (non-hydrogen) atoms. The number of allylic oxidation sites excluding steroid dienone is 1. The van der Waals surface area contributed by atoms with Crippen LogP contribution in [0.3, 0.4) is 0 Å². The summed E-state index contributed by atoms with van der Waals surface area (Å²) in [6.45, 7) is 1.47. The summed E-state index contributed by atoms with van der Waals surface area (Å²) in [5, 5.41) is 28.8. The van der Waals surface area contributed by atoms with Gasteiger partial charge >= 0.3 is 0 Å². The number of hydrogen-bond acceptors (Lipinski definition) is 3. The molecule has 1 rings (SSSR count). The van der Waals surface area contributed by atoms with Crippen molar-refractivity contribution in [2.75, 3.05) is 6.16 Å². The van der Waals surface area contributed by atoms with Crippen LogP contribution in [0, 0.1) is 0 Å². The maximum atomic E-state index is 9.67. The normalized spacial score (nSPS) is 40.5. The zero-order valence-corrected chi connectivity index (χ0v) is 8.93. The molecule has 0 spiro atoms. The van der Waals surface area contributed by atoms with Crippen molar-refractivity contribution in [2.45, 2.75) is 37.6 Å². The Labute approximate surface area is 80.7 Å². The average molecular weight is 204 g/mol. The van der Waals surface area contributed by atoms with Gasteiger partial charge in [-0.25, -0.2) is 0 Å². The standard InChI is InChI=1S/C9H17O3P/c1-9(12)7(10)4-6(2-3-13)5-8(9)11/h2,7-8,10-12H,3-5,13H2,1H3/t7-,8-,9?/m1/s1. The van der Waals surface area contributed by atoms with Crippen LogP contribution in [-0.4, -0.2) is 39.3 Å². The molecule has 0 aromatic carbocycles.